The average molecular weight is 354 g/mol. The highest BCUT2D eigenvalue weighted by Gasteiger charge is 2.09. The quantitative estimate of drug-likeness (QED) is 0.586. The Morgan fingerprint density at radius 3 is 2.60 bits per heavy atom. The second-order valence-electron chi connectivity index (χ2n) is 5.97. The highest BCUT2D eigenvalue weighted by Crippen LogP contribution is 2.27. The Morgan fingerprint density at radius 2 is 1.88 bits per heavy atom. The first-order valence-corrected chi connectivity index (χ1v) is 9.18. The van der Waals surface area contributed by atoms with Gasteiger partial charge in [-0.15, -0.1) is 5.10 Å². The largest absolute Gasteiger partial charge is 0.497 e. The van der Waals surface area contributed by atoms with E-state index in [1.165, 1.54) is 11.1 Å². The Morgan fingerprint density at radius 1 is 1.12 bits per heavy atom. The summed E-state index contributed by atoms with van der Waals surface area (Å²) in [7, 11) is 1.67. The minimum Gasteiger partial charge on any atom is -0.497 e. The fourth-order valence-corrected chi connectivity index (χ4v) is 3.23. The first kappa shape index (κ1) is 17.4. The molecule has 3 rings (SSSR count). The minimum absolute atomic E-state index is 0.440. The molecule has 130 valence electrons. The third-order valence-corrected chi connectivity index (χ3v) is 4.75. The zero-order valence-corrected chi connectivity index (χ0v) is 15.4. The van der Waals surface area contributed by atoms with Crippen LogP contribution in [-0.2, 0) is 5.75 Å². The number of thioether (sulfide) groups is 1. The lowest BCUT2D eigenvalue weighted by Crippen LogP contribution is -1.98. The monoisotopic (exact) mass is 354 g/mol. The number of aromatic amines is 1. The van der Waals surface area contributed by atoms with Crippen molar-refractivity contribution in [3.8, 4) is 5.75 Å². The van der Waals surface area contributed by atoms with Gasteiger partial charge in [0.25, 0.3) is 0 Å². The number of rotatable bonds is 7. The summed E-state index contributed by atoms with van der Waals surface area (Å²) >= 11 is 1.59. The number of benzene rings is 2. The molecule has 0 saturated carbocycles. The summed E-state index contributed by atoms with van der Waals surface area (Å²) in [5, 5.41) is 11.3. The topological polar surface area (TPSA) is 62.8 Å². The van der Waals surface area contributed by atoms with Crippen LogP contribution in [0.15, 0.2) is 53.7 Å². The van der Waals surface area contributed by atoms with Gasteiger partial charge in [-0.1, -0.05) is 55.9 Å². The van der Waals surface area contributed by atoms with Crippen molar-refractivity contribution in [1.29, 1.82) is 0 Å². The Hall–Kier alpha value is -2.47. The number of ether oxygens (including phenoxy) is 1. The number of H-pyrrole nitrogens is 1. The molecule has 1 heterocycles. The standard InChI is InChI=1S/C19H22N4OS/c1-13(2)16-6-4-5-7-17(16)20-18-21-19(23-22-18)25-12-14-8-10-15(24-3)11-9-14/h4-11,13H,12H2,1-3H3,(H2,20,21,22,23). The van der Waals surface area contributed by atoms with Crippen molar-refractivity contribution in [2.45, 2.75) is 30.7 Å². The molecule has 25 heavy (non-hydrogen) atoms. The van der Waals surface area contributed by atoms with Crippen molar-refractivity contribution in [2.75, 3.05) is 12.4 Å². The van der Waals surface area contributed by atoms with Gasteiger partial charge in [0.1, 0.15) is 5.75 Å². The molecule has 0 aliphatic carbocycles. The molecule has 5 nitrogen and oxygen atoms in total. The van der Waals surface area contributed by atoms with Gasteiger partial charge in [0.05, 0.1) is 7.11 Å². The predicted octanol–water partition coefficient (Wildman–Crippen LogP) is 4.97. The maximum Gasteiger partial charge on any atom is 0.223 e. The van der Waals surface area contributed by atoms with Crippen LogP contribution in [-0.4, -0.2) is 22.3 Å². The van der Waals surface area contributed by atoms with E-state index in [9.17, 15) is 0 Å². The van der Waals surface area contributed by atoms with Crippen LogP contribution in [0.4, 0.5) is 11.6 Å². The van der Waals surface area contributed by atoms with Gasteiger partial charge in [-0.2, -0.15) is 4.98 Å². The van der Waals surface area contributed by atoms with Gasteiger partial charge < -0.3 is 10.1 Å². The van der Waals surface area contributed by atoms with Crippen LogP contribution >= 0.6 is 11.8 Å². The molecule has 6 heteroatoms. The van der Waals surface area contributed by atoms with Crippen LogP contribution < -0.4 is 10.1 Å². The molecule has 2 aromatic carbocycles. The van der Waals surface area contributed by atoms with E-state index in [1.807, 2.05) is 18.2 Å². The Balaban J connectivity index is 1.62. The number of hydrogen-bond donors (Lipinski definition) is 2. The molecular weight excluding hydrogens is 332 g/mol. The molecular formula is C19H22N4OS. The van der Waals surface area contributed by atoms with Crippen LogP contribution in [0.2, 0.25) is 0 Å². The third-order valence-electron chi connectivity index (χ3n) is 3.83. The van der Waals surface area contributed by atoms with Crippen LogP contribution in [0.1, 0.15) is 30.9 Å². The minimum atomic E-state index is 0.440. The Kier molecular flexibility index (Phi) is 5.60. The van der Waals surface area contributed by atoms with E-state index in [4.69, 9.17) is 4.74 Å². The maximum absolute atomic E-state index is 5.17. The first-order valence-electron chi connectivity index (χ1n) is 8.20. The van der Waals surface area contributed by atoms with E-state index in [-0.39, 0.29) is 0 Å². The number of nitrogens with zero attached hydrogens (tertiary/aromatic N) is 2. The van der Waals surface area contributed by atoms with E-state index >= 15 is 0 Å². The molecule has 0 aliphatic rings. The van der Waals surface area contributed by atoms with Gasteiger partial charge in [-0.3, -0.25) is 0 Å². The molecule has 2 N–H and O–H groups in total. The fourth-order valence-electron chi connectivity index (χ4n) is 2.48. The number of aromatic nitrogens is 3. The maximum atomic E-state index is 5.17. The third kappa shape index (κ3) is 4.54. The van der Waals surface area contributed by atoms with E-state index in [2.05, 4.69) is 64.7 Å². The van der Waals surface area contributed by atoms with Crippen molar-refractivity contribution in [1.82, 2.24) is 15.2 Å². The first-order chi connectivity index (χ1) is 12.2. The molecule has 0 amide bonds. The number of hydrogen-bond acceptors (Lipinski definition) is 5. The summed E-state index contributed by atoms with van der Waals surface area (Å²) < 4.78 is 5.17. The Bertz CT molecular complexity index is 814. The van der Waals surface area contributed by atoms with Crippen molar-refractivity contribution in [2.24, 2.45) is 0 Å². The zero-order valence-electron chi connectivity index (χ0n) is 14.6. The fraction of sp³-hybridized carbons (Fsp3) is 0.263. The highest BCUT2D eigenvalue weighted by atomic mass is 32.2. The van der Waals surface area contributed by atoms with Crippen molar-refractivity contribution >= 4 is 23.4 Å². The Labute approximate surface area is 152 Å². The number of anilines is 2. The van der Waals surface area contributed by atoms with Crippen LogP contribution in [0.5, 0.6) is 5.75 Å². The lowest BCUT2D eigenvalue weighted by atomic mass is 10.0. The van der Waals surface area contributed by atoms with Crippen molar-refractivity contribution in [3.63, 3.8) is 0 Å². The summed E-state index contributed by atoms with van der Waals surface area (Å²) in [5.74, 6) is 2.77. The van der Waals surface area contributed by atoms with Crippen LogP contribution in [0, 0.1) is 0 Å². The number of para-hydroxylation sites is 1. The molecule has 1 aromatic heterocycles. The molecule has 0 atom stereocenters. The average Bonchev–Trinajstić information content (AvgIpc) is 3.08. The van der Waals surface area contributed by atoms with Crippen molar-refractivity contribution < 1.29 is 4.74 Å². The second-order valence-corrected chi connectivity index (χ2v) is 6.91. The van der Waals surface area contributed by atoms with E-state index < -0.39 is 0 Å². The molecule has 0 aliphatic heterocycles. The van der Waals surface area contributed by atoms with Crippen LogP contribution in [0.3, 0.4) is 0 Å². The summed E-state index contributed by atoms with van der Waals surface area (Å²) in [6.07, 6.45) is 0. The molecule has 0 radical (unpaired) electrons. The lowest BCUT2D eigenvalue weighted by molar-refractivity contribution is 0.414. The molecule has 0 fully saturated rings. The number of nitrogens with one attached hydrogen (secondary N) is 2. The second kappa shape index (κ2) is 8.07. The van der Waals surface area contributed by atoms with E-state index in [0.717, 1.165) is 22.3 Å². The smallest absolute Gasteiger partial charge is 0.223 e. The van der Waals surface area contributed by atoms with Crippen LogP contribution in [0.25, 0.3) is 0 Å². The molecule has 0 unspecified atom stereocenters. The van der Waals surface area contributed by atoms with Gasteiger partial charge in [0, 0.05) is 11.4 Å². The summed E-state index contributed by atoms with van der Waals surface area (Å²) in [6.45, 7) is 4.36. The zero-order chi connectivity index (χ0) is 17.6. The molecule has 0 spiro atoms. The van der Waals surface area contributed by atoms with E-state index in [0.29, 0.717) is 11.9 Å². The summed E-state index contributed by atoms with van der Waals surface area (Å²) in [6, 6.07) is 16.3. The van der Waals surface area contributed by atoms with Gasteiger partial charge in [0.15, 0.2) is 0 Å². The SMILES string of the molecule is COc1ccc(CSc2n[nH]c(Nc3ccccc3C(C)C)n2)cc1. The highest BCUT2D eigenvalue weighted by molar-refractivity contribution is 7.98. The van der Waals surface area contributed by atoms with Gasteiger partial charge in [-0.05, 0) is 35.2 Å². The van der Waals surface area contributed by atoms with Gasteiger partial charge in [-0.25, -0.2) is 5.10 Å². The number of methoxy groups -OCH3 is 1. The predicted molar refractivity (Wildman–Crippen MR) is 103 cm³/mol. The molecule has 3 aromatic rings. The molecule has 0 bridgehead atoms. The lowest BCUT2D eigenvalue weighted by Gasteiger charge is -2.12. The summed E-state index contributed by atoms with van der Waals surface area (Å²) in [4.78, 5) is 4.52. The normalized spacial score (nSPS) is 10.9. The molecule has 0 saturated heterocycles. The van der Waals surface area contributed by atoms with Gasteiger partial charge in [0.2, 0.25) is 11.1 Å². The van der Waals surface area contributed by atoms with Crippen molar-refractivity contribution in [3.05, 3.63) is 59.7 Å². The summed E-state index contributed by atoms with van der Waals surface area (Å²) in [5.41, 5.74) is 3.52. The van der Waals surface area contributed by atoms with Gasteiger partial charge >= 0.3 is 0 Å². The van der Waals surface area contributed by atoms with E-state index in [1.54, 1.807) is 18.9 Å².